The normalized spacial score (nSPS) is 12.6. The number of para-hydroxylation sites is 1. The fourth-order valence-corrected chi connectivity index (χ4v) is 1.37. The summed E-state index contributed by atoms with van der Waals surface area (Å²) in [6, 6.07) is 7.39. The Bertz CT molecular complexity index is 383. The molecule has 1 aromatic rings. The lowest BCUT2D eigenvalue weighted by Crippen LogP contribution is -2.26. The van der Waals surface area contributed by atoms with Gasteiger partial charge in [-0.3, -0.25) is 0 Å². The van der Waals surface area contributed by atoms with Crippen molar-refractivity contribution in [3.05, 3.63) is 35.9 Å². The molecule has 1 N–H and O–H groups in total. The minimum atomic E-state index is -0.933. The van der Waals surface area contributed by atoms with Crippen molar-refractivity contribution in [2.45, 2.75) is 26.4 Å². The number of allylic oxidation sites excluding steroid dienone is 1. The fourth-order valence-electron chi connectivity index (χ4n) is 1.37. The van der Waals surface area contributed by atoms with Crippen LogP contribution in [-0.2, 0) is 4.79 Å². The van der Waals surface area contributed by atoms with Crippen LogP contribution in [0.25, 0.3) is 6.08 Å². The predicted octanol–water partition coefficient (Wildman–Crippen LogP) is 2.96. The molecule has 0 aliphatic carbocycles. The molecule has 3 nitrogen and oxygen atoms in total. The highest BCUT2D eigenvalue weighted by molar-refractivity contribution is 5.73. The van der Waals surface area contributed by atoms with Gasteiger partial charge in [0.05, 0.1) is 0 Å². The SMILES string of the molecule is CC=Cc1ccccc1OC(CC)C(=O)O. The van der Waals surface area contributed by atoms with Gasteiger partial charge in [-0.1, -0.05) is 37.3 Å². The summed E-state index contributed by atoms with van der Waals surface area (Å²) in [4.78, 5) is 10.9. The number of carboxylic acids is 1. The average molecular weight is 220 g/mol. The van der Waals surface area contributed by atoms with Gasteiger partial charge in [0, 0.05) is 5.56 Å². The maximum Gasteiger partial charge on any atom is 0.344 e. The van der Waals surface area contributed by atoms with Crippen LogP contribution in [0.1, 0.15) is 25.8 Å². The number of ether oxygens (including phenoxy) is 1. The maximum atomic E-state index is 10.9. The number of carboxylic acid groups (broad SMARTS) is 1. The monoisotopic (exact) mass is 220 g/mol. The van der Waals surface area contributed by atoms with E-state index in [9.17, 15) is 4.79 Å². The summed E-state index contributed by atoms with van der Waals surface area (Å²) < 4.78 is 5.46. The Hall–Kier alpha value is -1.77. The Morgan fingerprint density at radius 1 is 1.50 bits per heavy atom. The molecular weight excluding hydrogens is 204 g/mol. The van der Waals surface area contributed by atoms with Crippen LogP contribution in [0.4, 0.5) is 0 Å². The molecule has 0 amide bonds. The zero-order valence-corrected chi connectivity index (χ0v) is 9.51. The third kappa shape index (κ3) is 3.12. The van der Waals surface area contributed by atoms with Crippen LogP contribution < -0.4 is 4.74 Å². The number of hydrogen-bond donors (Lipinski definition) is 1. The third-order valence-corrected chi connectivity index (χ3v) is 2.18. The molecule has 0 spiro atoms. The second kappa shape index (κ2) is 5.95. The second-order valence-electron chi connectivity index (χ2n) is 3.39. The van der Waals surface area contributed by atoms with Crippen molar-refractivity contribution >= 4 is 12.0 Å². The molecule has 0 saturated carbocycles. The molecule has 0 aliphatic heterocycles. The van der Waals surface area contributed by atoms with Crippen LogP contribution in [0.3, 0.4) is 0 Å². The van der Waals surface area contributed by atoms with Gasteiger partial charge in [0.25, 0.3) is 0 Å². The lowest BCUT2D eigenvalue weighted by Gasteiger charge is -2.14. The molecule has 0 aliphatic rings. The number of hydrogen-bond acceptors (Lipinski definition) is 2. The van der Waals surface area contributed by atoms with E-state index in [0.29, 0.717) is 12.2 Å². The van der Waals surface area contributed by atoms with Crippen molar-refractivity contribution in [3.63, 3.8) is 0 Å². The van der Waals surface area contributed by atoms with Crippen LogP contribution >= 0.6 is 0 Å². The highest BCUT2D eigenvalue weighted by Crippen LogP contribution is 2.21. The van der Waals surface area contributed by atoms with Crippen molar-refractivity contribution < 1.29 is 14.6 Å². The maximum absolute atomic E-state index is 10.9. The van der Waals surface area contributed by atoms with Gasteiger partial charge >= 0.3 is 5.97 Å². The molecule has 1 unspecified atom stereocenters. The zero-order valence-electron chi connectivity index (χ0n) is 9.51. The summed E-state index contributed by atoms with van der Waals surface area (Å²) in [7, 11) is 0. The van der Waals surface area contributed by atoms with Gasteiger partial charge in [0.15, 0.2) is 6.10 Å². The molecule has 0 saturated heterocycles. The summed E-state index contributed by atoms with van der Waals surface area (Å²) in [5, 5.41) is 8.91. The number of benzene rings is 1. The van der Waals surface area contributed by atoms with Crippen molar-refractivity contribution in [1.29, 1.82) is 0 Å². The largest absolute Gasteiger partial charge is 0.479 e. The van der Waals surface area contributed by atoms with E-state index in [1.165, 1.54) is 0 Å². The summed E-state index contributed by atoms with van der Waals surface area (Å²) >= 11 is 0. The predicted molar refractivity (Wildman–Crippen MR) is 63.5 cm³/mol. The van der Waals surface area contributed by atoms with Crippen LogP contribution in [0, 0.1) is 0 Å². The van der Waals surface area contributed by atoms with E-state index in [1.807, 2.05) is 37.3 Å². The van der Waals surface area contributed by atoms with Crippen LogP contribution in [0.5, 0.6) is 5.75 Å². The molecule has 0 fully saturated rings. The summed E-state index contributed by atoms with van der Waals surface area (Å²) in [6.07, 6.45) is 3.44. The molecule has 0 aromatic heterocycles. The average Bonchev–Trinajstić information content (AvgIpc) is 2.27. The third-order valence-electron chi connectivity index (χ3n) is 2.18. The van der Waals surface area contributed by atoms with Crippen molar-refractivity contribution in [2.75, 3.05) is 0 Å². The van der Waals surface area contributed by atoms with Gasteiger partial charge in [-0.2, -0.15) is 0 Å². The number of carbonyl (C=O) groups is 1. The molecule has 16 heavy (non-hydrogen) atoms. The zero-order chi connectivity index (χ0) is 12.0. The van der Waals surface area contributed by atoms with E-state index in [-0.39, 0.29) is 0 Å². The quantitative estimate of drug-likeness (QED) is 0.829. The highest BCUT2D eigenvalue weighted by atomic mass is 16.5. The van der Waals surface area contributed by atoms with Crippen molar-refractivity contribution in [2.24, 2.45) is 0 Å². The minimum Gasteiger partial charge on any atom is -0.479 e. The lowest BCUT2D eigenvalue weighted by molar-refractivity contribution is -0.145. The molecule has 0 bridgehead atoms. The Balaban J connectivity index is 2.91. The van der Waals surface area contributed by atoms with E-state index in [0.717, 1.165) is 5.56 Å². The highest BCUT2D eigenvalue weighted by Gasteiger charge is 2.17. The second-order valence-corrected chi connectivity index (χ2v) is 3.39. The first-order chi connectivity index (χ1) is 7.69. The molecule has 0 heterocycles. The topological polar surface area (TPSA) is 46.5 Å². The molecule has 0 radical (unpaired) electrons. The Morgan fingerprint density at radius 3 is 2.75 bits per heavy atom. The van der Waals surface area contributed by atoms with Crippen LogP contribution in [0.15, 0.2) is 30.3 Å². The van der Waals surface area contributed by atoms with Gasteiger partial charge in [0.2, 0.25) is 0 Å². The van der Waals surface area contributed by atoms with Crippen molar-refractivity contribution in [1.82, 2.24) is 0 Å². The van der Waals surface area contributed by atoms with Gasteiger partial charge in [0.1, 0.15) is 5.75 Å². The van der Waals surface area contributed by atoms with E-state index >= 15 is 0 Å². The van der Waals surface area contributed by atoms with Gasteiger partial charge in [-0.15, -0.1) is 0 Å². The fraction of sp³-hybridized carbons (Fsp3) is 0.308. The van der Waals surface area contributed by atoms with Gasteiger partial charge in [-0.05, 0) is 19.4 Å². The first-order valence-corrected chi connectivity index (χ1v) is 5.30. The van der Waals surface area contributed by atoms with Crippen molar-refractivity contribution in [3.8, 4) is 5.75 Å². The molecule has 1 rings (SSSR count). The first-order valence-electron chi connectivity index (χ1n) is 5.30. The Morgan fingerprint density at radius 2 is 2.19 bits per heavy atom. The number of aliphatic carboxylic acids is 1. The molecule has 1 aromatic carbocycles. The molecular formula is C13H16O3. The van der Waals surface area contributed by atoms with E-state index in [1.54, 1.807) is 13.0 Å². The minimum absolute atomic E-state index is 0.444. The summed E-state index contributed by atoms with van der Waals surface area (Å²) in [5.41, 5.74) is 0.893. The van der Waals surface area contributed by atoms with E-state index in [4.69, 9.17) is 9.84 Å². The smallest absolute Gasteiger partial charge is 0.344 e. The summed E-state index contributed by atoms with van der Waals surface area (Å²) in [6.45, 7) is 3.70. The number of rotatable bonds is 5. The first kappa shape index (κ1) is 12.3. The molecule has 86 valence electrons. The molecule has 1 atom stereocenters. The standard InChI is InChI=1S/C13H16O3/c1-3-7-10-8-5-6-9-12(10)16-11(4-2)13(14)15/h3,5-9,11H,4H2,1-2H3,(H,14,15). The Kier molecular flexibility index (Phi) is 4.58. The van der Waals surface area contributed by atoms with Gasteiger partial charge < -0.3 is 9.84 Å². The Labute approximate surface area is 95.4 Å². The van der Waals surface area contributed by atoms with Crippen LogP contribution in [0.2, 0.25) is 0 Å². The van der Waals surface area contributed by atoms with E-state index in [2.05, 4.69) is 0 Å². The molecule has 3 heteroatoms. The lowest BCUT2D eigenvalue weighted by atomic mass is 10.2. The van der Waals surface area contributed by atoms with Gasteiger partial charge in [-0.25, -0.2) is 4.79 Å². The van der Waals surface area contributed by atoms with E-state index < -0.39 is 12.1 Å². The summed E-state index contributed by atoms with van der Waals surface area (Å²) in [5.74, 6) is -0.326. The van der Waals surface area contributed by atoms with Crippen LogP contribution in [-0.4, -0.2) is 17.2 Å².